The summed E-state index contributed by atoms with van der Waals surface area (Å²) in [6, 6.07) is 8.96. The number of halogens is 1. The number of nitrogens with one attached hydrogen (secondary N) is 2. The molecule has 1 saturated heterocycles. The van der Waals surface area contributed by atoms with Crippen LogP contribution in [0.2, 0.25) is 0 Å². The third-order valence-electron chi connectivity index (χ3n) is 6.73. The van der Waals surface area contributed by atoms with Crippen LogP contribution in [0.15, 0.2) is 42.5 Å². The molecule has 208 valence electrons. The molecule has 1 spiro atoms. The van der Waals surface area contributed by atoms with Gasteiger partial charge in [0.15, 0.2) is 5.78 Å². The lowest BCUT2D eigenvalue weighted by Crippen LogP contribution is -2.49. The summed E-state index contributed by atoms with van der Waals surface area (Å²) in [6.45, 7) is 0.799. The lowest BCUT2D eigenvalue weighted by atomic mass is 9.94. The Bertz CT molecular complexity index is 1430. The first kappa shape index (κ1) is 28.2. The van der Waals surface area contributed by atoms with Gasteiger partial charge in [0.1, 0.15) is 28.9 Å². The monoisotopic (exact) mass is 560 g/mol. The van der Waals surface area contributed by atoms with Crippen molar-refractivity contribution in [3.63, 3.8) is 0 Å². The Morgan fingerprint density at radius 2 is 1.87 bits per heavy atom. The first-order chi connectivity index (χ1) is 18.3. The molecular weight excluding hydrogens is 531 g/mol. The van der Waals surface area contributed by atoms with E-state index in [4.69, 9.17) is 4.74 Å². The fourth-order valence-electron chi connectivity index (χ4n) is 4.89. The molecule has 0 radical (unpaired) electrons. The highest BCUT2D eigenvalue weighted by molar-refractivity contribution is 7.90. The minimum absolute atomic E-state index is 0.00723. The second-order valence-electron chi connectivity index (χ2n) is 9.72. The average molecular weight is 561 g/mol. The molecule has 2 N–H and O–H groups in total. The van der Waals surface area contributed by atoms with Gasteiger partial charge >= 0.3 is 6.03 Å². The maximum atomic E-state index is 13.6. The normalized spacial score (nSPS) is 19.2. The predicted molar refractivity (Wildman–Crippen MR) is 139 cm³/mol. The zero-order chi connectivity index (χ0) is 28.5. The molecular formula is C26H29FN4O7S. The third-order valence-corrected chi connectivity index (χ3v) is 7.81. The van der Waals surface area contributed by atoms with E-state index >= 15 is 0 Å². The summed E-state index contributed by atoms with van der Waals surface area (Å²) >= 11 is 0. The number of amides is 4. The van der Waals surface area contributed by atoms with Gasteiger partial charge in [-0.05, 0) is 42.3 Å². The average Bonchev–Trinajstić information content (AvgIpc) is 3.33. The standard InChI is InChI=1S/C26H29FN4O7S/c1-16(14-39(3,36)37)31(12-17-4-6-19(27)7-5-17)23(33)13-30-15-38-26(24(30)34)21-9-8-20(29-25(35)28-2)10-18(21)11-22(26)32/h4-10,16H,11-15H2,1-3H3,(H2,28,29,35)/t16?,26-/m1/s1. The van der Waals surface area contributed by atoms with Gasteiger partial charge in [-0.25, -0.2) is 17.6 Å². The van der Waals surface area contributed by atoms with Gasteiger partial charge in [-0.15, -0.1) is 0 Å². The highest BCUT2D eigenvalue weighted by Crippen LogP contribution is 2.43. The van der Waals surface area contributed by atoms with Gasteiger partial charge < -0.3 is 25.2 Å². The molecule has 1 fully saturated rings. The van der Waals surface area contributed by atoms with Crippen molar-refractivity contribution in [2.75, 3.05) is 37.6 Å². The van der Waals surface area contributed by atoms with E-state index < -0.39 is 57.5 Å². The molecule has 39 heavy (non-hydrogen) atoms. The first-order valence-electron chi connectivity index (χ1n) is 12.1. The van der Waals surface area contributed by atoms with Crippen molar-refractivity contribution in [3.05, 3.63) is 65.0 Å². The van der Waals surface area contributed by atoms with Crippen LogP contribution in [0.5, 0.6) is 0 Å². The predicted octanol–water partition coefficient (Wildman–Crippen LogP) is 1.18. The van der Waals surface area contributed by atoms with E-state index in [9.17, 15) is 32.0 Å². The van der Waals surface area contributed by atoms with Crippen molar-refractivity contribution in [2.45, 2.75) is 31.5 Å². The number of ether oxygens (including phenoxy) is 1. The van der Waals surface area contributed by atoms with Crippen molar-refractivity contribution in [1.29, 1.82) is 0 Å². The molecule has 2 aromatic carbocycles. The van der Waals surface area contributed by atoms with Crippen LogP contribution in [0.1, 0.15) is 23.6 Å². The van der Waals surface area contributed by atoms with Crippen molar-refractivity contribution in [3.8, 4) is 0 Å². The van der Waals surface area contributed by atoms with Crippen LogP contribution in [0.3, 0.4) is 0 Å². The summed E-state index contributed by atoms with van der Waals surface area (Å²) in [4.78, 5) is 54.1. The Morgan fingerprint density at radius 3 is 2.51 bits per heavy atom. The Hall–Kier alpha value is -3.84. The van der Waals surface area contributed by atoms with E-state index in [0.29, 0.717) is 22.4 Å². The smallest absolute Gasteiger partial charge is 0.318 e. The number of urea groups is 1. The Labute approximate surface area is 225 Å². The summed E-state index contributed by atoms with van der Waals surface area (Å²) in [5.41, 5.74) is -0.00145. The molecule has 1 unspecified atom stereocenters. The van der Waals surface area contributed by atoms with E-state index in [1.54, 1.807) is 25.1 Å². The molecule has 2 atom stereocenters. The van der Waals surface area contributed by atoms with E-state index in [1.165, 1.54) is 36.2 Å². The number of hydrogen-bond donors (Lipinski definition) is 2. The summed E-state index contributed by atoms with van der Waals surface area (Å²) < 4.78 is 43.1. The van der Waals surface area contributed by atoms with Crippen molar-refractivity contribution < 1.29 is 36.7 Å². The highest BCUT2D eigenvalue weighted by Gasteiger charge is 2.59. The van der Waals surface area contributed by atoms with Gasteiger partial charge in [0.2, 0.25) is 11.5 Å². The number of benzene rings is 2. The molecule has 1 heterocycles. The number of sulfone groups is 1. The van der Waals surface area contributed by atoms with Crippen LogP contribution in [0, 0.1) is 5.82 Å². The molecule has 1 aliphatic carbocycles. The largest absolute Gasteiger partial charge is 0.341 e. The first-order valence-corrected chi connectivity index (χ1v) is 14.2. The molecule has 13 heteroatoms. The molecule has 1 aliphatic heterocycles. The number of ketones is 1. The molecule has 0 bridgehead atoms. The van der Waals surface area contributed by atoms with Crippen LogP contribution in [0.4, 0.5) is 14.9 Å². The Kier molecular flexibility index (Phi) is 7.75. The number of nitrogens with zero attached hydrogens (tertiary/aromatic N) is 2. The maximum absolute atomic E-state index is 13.6. The number of carbonyl (C=O) groups excluding carboxylic acids is 4. The molecule has 0 aromatic heterocycles. The number of fused-ring (bicyclic) bond motifs is 2. The van der Waals surface area contributed by atoms with E-state index in [-0.39, 0.29) is 25.4 Å². The minimum atomic E-state index is -3.44. The zero-order valence-electron chi connectivity index (χ0n) is 21.7. The zero-order valence-corrected chi connectivity index (χ0v) is 22.5. The van der Waals surface area contributed by atoms with Gasteiger partial charge in [0, 0.05) is 43.6 Å². The maximum Gasteiger partial charge on any atom is 0.318 e. The van der Waals surface area contributed by atoms with Gasteiger partial charge in [-0.3, -0.25) is 14.4 Å². The fraction of sp³-hybridized carbons (Fsp3) is 0.385. The number of anilines is 1. The van der Waals surface area contributed by atoms with Gasteiger partial charge in [0.05, 0.1) is 5.75 Å². The van der Waals surface area contributed by atoms with Crippen LogP contribution in [-0.4, -0.2) is 80.2 Å². The van der Waals surface area contributed by atoms with Crippen LogP contribution in [0.25, 0.3) is 0 Å². The quantitative estimate of drug-likeness (QED) is 0.462. The lowest BCUT2D eigenvalue weighted by molar-refractivity contribution is -0.149. The number of carbonyl (C=O) groups is 4. The molecule has 4 rings (SSSR count). The summed E-state index contributed by atoms with van der Waals surface area (Å²) in [5, 5.41) is 5.04. The molecule has 4 amide bonds. The van der Waals surface area contributed by atoms with Crippen molar-refractivity contribution in [1.82, 2.24) is 15.1 Å². The Balaban J connectivity index is 1.55. The van der Waals surface area contributed by atoms with Crippen molar-refractivity contribution >= 4 is 39.2 Å². The van der Waals surface area contributed by atoms with E-state index in [0.717, 1.165) is 11.2 Å². The molecule has 0 saturated carbocycles. The third kappa shape index (κ3) is 5.78. The molecule has 11 nitrogen and oxygen atoms in total. The fourth-order valence-corrected chi connectivity index (χ4v) is 5.95. The van der Waals surface area contributed by atoms with Crippen LogP contribution in [-0.2, 0) is 47.5 Å². The number of hydrogen-bond acceptors (Lipinski definition) is 7. The molecule has 2 aliphatic rings. The SMILES string of the molecule is CNC(=O)Nc1ccc2c(c1)CC(=O)[C@]21OCN(CC(=O)N(Cc2ccc(F)cc2)C(C)CS(C)(=O)=O)C1=O. The van der Waals surface area contributed by atoms with E-state index in [2.05, 4.69) is 10.6 Å². The summed E-state index contributed by atoms with van der Waals surface area (Å²) in [5.74, 6) is -2.50. The second-order valence-corrected chi connectivity index (χ2v) is 11.9. The van der Waals surface area contributed by atoms with Crippen LogP contribution >= 0.6 is 0 Å². The van der Waals surface area contributed by atoms with Gasteiger partial charge in [0.25, 0.3) is 5.91 Å². The summed E-state index contributed by atoms with van der Waals surface area (Å²) in [6.07, 6.45) is 0.971. The second kappa shape index (κ2) is 10.7. The lowest BCUT2D eigenvalue weighted by Gasteiger charge is -2.30. The van der Waals surface area contributed by atoms with Crippen LogP contribution < -0.4 is 10.6 Å². The number of Topliss-reactive ketones (excluding diaryl/α,β-unsaturated/α-hetero) is 1. The molecule has 2 aromatic rings. The van der Waals surface area contributed by atoms with Crippen molar-refractivity contribution in [2.24, 2.45) is 0 Å². The topological polar surface area (TPSA) is 142 Å². The van der Waals surface area contributed by atoms with Gasteiger partial charge in [-0.2, -0.15) is 0 Å². The number of rotatable bonds is 8. The highest BCUT2D eigenvalue weighted by atomic mass is 32.2. The minimum Gasteiger partial charge on any atom is -0.341 e. The van der Waals surface area contributed by atoms with Gasteiger partial charge in [-0.1, -0.05) is 18.2 Å². The Morgan fingerprint density at radius 1 is 1.18 bits per heavy atom. The summed E-state index contributed by atoms with van der Waals surface area (Å²) in [7, 11) is -1.98. The van der Waals surface area contributed by atoms with E-state index in [1.807, 2.05) is 0 Å².